The summed E-state index contributed by atoms with van der Waals surface area (Å²) in [4.78, 5) is 11.5. The summed E-state index contributed by atoms with van der Waals surface area (Å²) in [6, 6.07) is 16.8. The summed E-state index contributed by atoms with van der Waals surface area (Å²) < 4.78 is 4.94. The second kappa shape index (κ2) is 8.15. The highest BCUT2D eigenvalue weighted by Gasteiger charge is 2.05. The molecule has 1 atom stereocenters. The first-order valence-electron chi connectivity index (χ1n) is 7.37. The van der Waals surface area contributed by atoms with Gasteiger partial charge in [0.05, 0.1) is 18.3 Å². The number of esters is 1. The number of rotatable bonds is 6. The van der Waals surface area contributed by atoms with Gasteiger partial charge in [-0.1, -0.05) is 54.6 Å². The second-order valence-corrected chi connectivity index (χ2v) is 4.91. The van der Waals surface area contributed by atoms with Crippen LogP contribution in [0.1, 0.15) is 40.9 Å². The van der Waals surface area contributed by atoms with Gasteiger partial charge in [-0.3, -0.25) is 0 Å². The van der Waals surface area contributed by atoms with Crippen LogP contribution < -0.4 is 0 Å². The van der Waals surface area contributed by atoms with E-state index in [1.807, 2.05) is 54.6 Å². The average molecular weight is 296 g/mol. The van der Waals surface area contributed by atoms with Crippen LogP contribution in [0.15, 0.2) is 60.7 Å². The summed E-state index contributed by atoms with van der Waals surface area (Å²) in [6.07, 6.45) is 3.90. The standard InChI is InChI=1S/C19H20O3/c1-2-22-19(21)17-13-11-15(12-14-17)7-6-10-18(20)16-8-4-3-5-9-16/h3-9,11-14,18,20H,2,10H2,1H3/b7-6+. The highest BCUT2D eigenvalue weighted by Crippen LogP contribution is 2.17. The molecule has 0 aliphatic heterocycles. The van der Waals surface area contributed by atoms with Crippen molar-refractivity contribution in [3.63, 3.8) is 0 Å². The van der Waals surface area contributed by atoms with E-state index in [4.69, 9.17) is 4.74 Å². The molecule has 22 heavy (non-hydrogen) atoms. The summed E-state index contributed by atoms with van der Waals surface area (Å²) >= 11 is 0. The summed E-state index contributed by atoms with van der Waals surface area (Å²) in [7, 11) is 0. The van der Waals surface area contributed by atoms with E-state index in [0.717, 1.165) is 11.1 Å². The Kier molecular flexibility index (Phi) is 5.92. The smallest absolute Gasteiger partial charge is 0.338 e. The van der Waals surface area contributed by atoms with Crippen molar-refractivity contribution < 1.29 is 14.6 Å². The zero-order valence-electron chi connectivity index (χ0n) is 12.6. The second-order valence-electron chi connectivity index (χ2n) is 4.91. The first-order valence-corrected chi connectivity index (χ1v) is 7.37. The van der Waals surface area contributed by atoms with Gasteiger partial charge in [0.15, 0.2) is 0 Å². The third-order valence-electron chi connectivity index (χ3n) is 3.28. The predicted molar refractivity (Wildman–Crippen MR) is 87.5 cm³/mol. The molecule has 2 aromatic rings. The van der Waals surface area contributed by atoms with Gasteiger partial charge in [-0.15, -0.1) is 0 Å². The van der Waals surface area contributed by atoms with Crippen LogP contribution in [0.3, 0.4) is 0 Å². The zero-order chi connectivity index (χ0) is 15.8. The maximum absolute atomic E-state index is 11.5. The topological polar surface area (TPSA) is 46.5 Å². The molecule has 114 valence electrons. The molecule has 0 fully saturated rings. The van der Waals surface area contributed by atoms with Crippen LogP contribution in [0.5, 0.6) is 0 Å². The van der Waals surface area contributed by atoms with Crippen molar-refractivity contribution in [1.29, 1.82) is 0 Å². The number of carbonyl (C=O) groups is 1. The lowest BCUT2D eigenvalue weighted by Gasteiger charge is -2.07. The van der Waals surface area contributed by atoms with Crippen molar-refractivity contribution >= 4 is 12.0 Å². The predicted octanol–water partition coefficient (Wildman–Crippen LogP) is 4.00. The summed E-state index contributed by atoms with van der Waals surface area (Å²) in [5, 5.41) is 10.1. The molecule has 0 aliphatic carbocycles. The van der Waals surface area contributed by atoms with E-state index >= 15 is 0 Å². The zero-order valence-corrected chi connectivity index (χ0v) is 12.6. The first-order chi connectivity index (χ1) is 10.7. The van der Waals surface area contributed by atoms with Gasteiger partial charge in [0.1, 0.15) is 0 Å². The van der Waals surface area contributed by atoms with Crippen molar-refractivity contribution in [2.75, 3.05) is 6.61 Å². The highest BCUT2D eigenvalue weighted by atomic mass is 16.5. The third-order valence-corrected chi connectivity index (χ3v) is 3.28. The minimum Gasteiger partial charge on any atom is -0.462 e. The molecule has 3 nitrogen and oxygen atoms in total. The molecule has 0 aromatic heterocycles. The highest BCUT2D eigenvalue weighted by molar-refractivity contribution is 5.89. The van der Waals surface area contributed by atoms with E-state index in [9.17, 15) is 9.90 Å². The number of aliphatic hydroxyl groups excluding tert-OH is 1. The van der Waals surface area contributed by atoms with Gasteiger partial charge in [0.2, 0.25) is 0 Å². The lowest BCUT2D eigenvalue weighted by Crippen LogP contribution is -2.03. The van der Waals surface area contributed by atoms with E-state index in [-0.39, 0.29) is 5.97 Å². The van der Waals surface area contributed by atoms with E-state index in [1.54, 1.807) is 19.1 Å². The maximum Gasteiger partial charge on any atom is 0.338 e. The molecule has 0 bridgehead atoms. The molecule has 1 unspecified atom stereocenters. The summed E-state index contributed by atoms with van der Waals surface area (Å²) in [5.74, 6) is -0.308. The summed E-state index contributed by atoms with van der Waals surface area (Å²) in [6.45, 7) is 2.16. The van der Waals surface area contributed by atoms with Gasteiger partial charge in [0.25, 0.3) is 0 Å². The normalized spacial score (nSPS) is 12.3. The van der Waals surface area contributed by atoms with Crippen LogP contribution in [-0.2, 0) is 4.74 Å². The van der Waals surface area contributed by atoms with Gasteiger partial charge in [-0.2, -0.15) is 0 Å². The number of carbonyl (C=O) groups excluding carboxylic acids is 1. The number of benzene rings is 2. The first kappa shape index (κ1) is 16.0. The SMILES string of the molecule is CCOC(=O)c1ccc(/C=C/CC(O)c2ccccc2)cc1. The average Bonchev–Trinajstić information content (AvgIpc) is 2.56. The Labute approximate surface area is 130 Å². The van der Waals surface area contributed by atoms with E-state index in [1.165, 1.54) is 0 Å². The Balaban J connectivity index is 1.92. The molecule has 0 spiro atoms. The van der Waals surface area contributed by atoms with E-state index < -0.39 is 6.10 Å². The minimum atomic E-state index is -0.503. The largest absolute Gasteiger partial charge is 0.462 e. The minimum absolute atomic E-state index is 0.308. The van der Waals surface area contributed by atoms with Crippen LogP contribution in [0.4, 0.5) is 0 Å². The molecule has 0 saturated carbocycles. The van der Waals surface area contributed by atoms with Crippen molar-refractivity contribution in [3.05, 3.63) is 77.4 Å². The Morgan fingerprint density at radius 1 is 1.14 bits per heavy atom. The van der Waals surface area contributed by atoms with Crippen LogP contribution in [0, 0.1) is 0 Å². The fourth-order valence-corrected chi connectivity index (χ4v) is 2.09. The molecule has 0 amide bonds. The van der Waals surface area contributed by atoms with Gasteiger partial charge in [-0.05, 0) is 36.6 Å². The molecule has 2 aromatic carbocycles. The number of aliphatic hydroxyl groups is 1. The molecule has 2 rings (SSSR count). The van der Waals surface area contributed by atoms with Crippen LogP contribution in [0.2, 0.25) is 0 Å². The van der Waals surface area contributed by atoms with Crippen LogP contribution >= 0.6 is 0 Å². The Hall–Kier alpha value is -2.39. The Morgan fingerprint density at radius 3 is 2.45 bits per heavy atom. The lowest BCUT2D eigenvalue weighted by atomic mass is 10.1. The molecule has 3 heteroatoms. The van der Waals surface area contributed by atoms with Gasteiger partial charge >= 0.3 is 5.97 Å². The number of hydrogen-bond donors (Lipinski definition) is 1. The maximum atomic E-state index is 11.5. The van der Waals surface area contributed by atoms with Crippen LogP contribution in [0.25, 0.3) is 6.08 Å². The van der Waals surface area contributed by atoms with Crippen molar-refractivity contribution in [1.82, 2.24) is 0 Å². The monoisotopic (exact) mass is 296 g/mol. The molecule has 1 N–H and O–H groups in total. The quantitative estimate of drug-likeness (QED) is 0.820. The molecule has 0 aliphatic rings. The molecule has 0 radical (unpaired) electrons. The fraction of sp³-hybridized carbons (Fsp3) is 0.211. The molecular weight excluding hydrogens is 276 g/mol. The van der Waals surface area contributed by atoms with Gasteiger partial charge in [0, 0.05) is 0 Å². The van der Waals surface area contributed by atoms with Crippen molar-refractivity contribution in [2.24, 2.45) is 0 Å². The number of hydrogen-bond acceptors (Lipinski definition) is 3. The lowest BCUT2D eigenvalue weighted by molar-refractivity contribution is 0.0526. The third kappa shape index (κ3) is 4.57. The van der Waals surface area contributed by atoms with Crippen molar-refractivity contribution in [3.8, 4) is 0 Å². The van der Waals surface area contributed by atoms with Crippen LogP contribution in [-0.4, -0.2) is 17.7 Å². The summed E-state index contributed by atoms with van der Waals surface area (Å²) in [5.41, 5.74) is 2.43. The van der Waals surface area contributed by atoms with E-state index in [0.29, 0.717) is 18.6 Å². The van der Waals surface area contributed by atoms with Crippen molar-refractivity contribution in [2.45, 2.75) is 19.4 Å². The molecule has 0 heterocycles. The molecule has 0 saturated heterocycles. The van der Waals surface area contributed by atoms with E-state index in [2.05, 4.69) is 0 Å². The fourth-order valence-electron chi connectivity index (χ4n) is 2.09. The van der Waals surface area contributed by atoms with Gasteiger partial charge < -0.3 is 9.84 Å². The molecular formula is C19H20O3. The van der Waals surface area contributed by atoms with Gasteiger partial charge in [-0.25, -0.2) is 4.79 Å². The number of ether oxygens (including phenoxy) is 1. The Morgan fingerprint density at radius 2 is 1.82 bits per heavy atom. The Bertz CT molecular complexity index is 615.